The molecule has 0 aromatic heterocycles. The van der Waals surface area contributed by atoms with E-state index in [1.165, 1.54) is 12.8 Å². The fourth-order valence-corrected chi connectivity index (χ4v) is 6.09. The van der Waals surface area contributed by atoms with E-state index in [9.17, 15) is 13.5 Å². The Kier molecular flexibility index (Phi) is 3.89. The van der Waals surface area contributed by atoms with Crippen LogP contribution in [0.5, 0.6) is 0 Å². The quantitative estimate of drug-likeness (QED) is 0.829. The molecule has 5 heteroatoms. The van der Waals surface area contributed by atoms with E-state index < -0.39 is 9.84 Å². The zero-order valence-corrected chi connectivity index (χ0v) is 12.3. The fourth-order valence-electron chi connectivity index (χ4n) is 4.35. The molecule has 110 valence electrons. The van der Waals surface area contributed by atoms with Gasteiger partial charge in [-0.15, -0.1) is 0 Å². The van der Waals surface area contributed by atoms with E-state index in [0.29, 0.717) is 23.5 Å². The lowest BCUT2D eigenvalue weighted by atomic mass is 9.86. The van der Waals surface area contributed by atoms with E-state index in [0.717, 1.165) is 38.6 Å². The minimum Gasteiger partial charge on any atom is -0.393 e. The number of rotatable bonds is 2. The minimum absolute atomic E-state index is 0.163. The van der Waals surface area contributed by atoms with Crippen LogP contribution in [0.3, 0.4) is 0 Å². The number of nitrogens with zero attached hydrogens (tertiary/aromatic N) is 1. The van der Waals surface area contributed by atoms with Gasteiger partial charge in [0, 0.05) is 18.0 Å². The smallest absolute Gasteiger partial charge is 0.151 e. The third-order valence-corrected chi connectivity index (χ3v) is 7.05. The van der Waals surface area contributed by atoms with E-state index in [1.54, 1.807) is 0 Å². The molecule has 3 aliphatic rings. The van der Waals surface area contributed by atoms with Gasteiger partial charge < -0.3 is 5.11 Å². The van der Waals surface area contributed by atoms with Gasteiger partial charge in [0.1, 0.15) is 0 Å². The summed E-state index contributed by atoms with van der Waals surface area (Å²) in [5.74, 6) is 1.07. The Morgan fingerprint density at radius 2 is 1.84 bits per heavy atom. The molecule has 1 saturated carbocycles. The van der Waals surface area contributed by atoms with E-state index in [2.05, 4.69) is 4.90 Å². The number of likely N-dealkylation sites (tertiary alicyclic amines) is 1. The van der Waals surface area contributed by atoms with Crippen molar-refractivity contribution in [3.8, 4) is 0 Å². The van der Waals surface area contributed by atoms with Gasteiger partial charge in [-0.1, -0.05) is 12.8 Å². The second kappa shape index (κ2) is 5.34. The molecule has 2 saturated heterocycles. The predicted molar refractivity (Wildman–Crippen MR) is 74.8 cm³/mol. The number of hydrogen-bond donors (Lipinski definition) is 1. The molecule has 0 aromatic rings. The molecule has 2 heterocycles. The van der Waals surface area contributed by atoms with Gasteiger partial charge in [0.2, 0.25) is 0 Å². The molecule has 1 N–H and O–H groups in total. The molecule has 1 aliphatic carbocycles. The Bertz CT molecular complexity index is 422. The minimum atomic E-state index is -2.81. The van der Waals surface area contributed by atoms with Crippen molar-refractivity contribution < 1.29 is 13.5 Å². The first-order valence-corrected chi connectivity index (χ1v) is 9.53. The third kappa shape index (κ3) is 2.83. The van der Waals surface area contributed by atoms with Crippen molar-refractivity contribution in [3.63, 3.8) is 0 Å². The van der Waals surface area contributed by atoms with Crippen molar-refractivity contribution in [1.29, 1.82) is 0 Å². The Balaban J connectivity index is 1.74. The summed E-state index contributed by atoms with van der Waals surface area (Å²) in [6.07, 6.45) is 7.34. The van der Waals surface area contributed by atoms with Gasteiger partial charge in [-0.3, -0.25) is 4.90 Å². The summed E-state index contributed by atoms with van der Waals surface area (Å²) in [7, 11) is -2.81. The van der Waals surface area contributed by atoms with Gasteiger partial charge in [-0.05, 0) is 38.6 Å². The van der Waals surface area contributed by atoms with Crippen LogP contribution in [0.15, 0.2) is 0 Å². The first-order chi connectivity index (χ1) is 9.07. The summed E-state index contributed by atoms with van der Waals surface area (Å²) in [4.78, 5) is 2.44. The maximum absolute atomic E-state index is 11.7. The van der Waals surface area contributed by atoms with Gasteiger partial charge in [0.05, 0.1) is 17.6 Å². The topological polar surface area (TPSA) is 57.6 Å². The molecule has 4 atom stereocenters. The zero-order chi connectivity index (χ0) is 13.5. The van der Waals surface area contributed by atoms with Crippen LogP contribution in [0.2, 0.25) is 0 Å². The molecule has 4 unspecified atom stereocenters. The highest BCUT2D eigenvalue weighted by Crippen LogP contribution is 2.37. The maximum Gasteiger partial charge on any atom is 0.151 e. The van der Waals surface area contributed by atoms with Crippen LogP contribution in [0, 0.1) is 5.92 Å². The van der Waals surface area contributed by atoms with Gasteiger partial charge >= 0.3 is 0 Å². The summed E-state index contributed by atoms with van der Waals surface area (Å²) in [6.45, 7) is 1.02. The van der Waals surface area contributed by atoms with E-state index in [4.69, 9.17) is 0 Å². The van der Waals surface area contributed by atoms with Crippen LogP contribution in [0.4, 0.5) is 0 Å². The van der Waals surface area contributed by atoms with Crippen molar-refractivity contribution in [2.75, 3.05) is 18.1 Å². The number of aliphatic hydroxyl groups excluding tert-OH is 1. The average molecular weight is 287 g/mol. The standard InChI is InChI=1S/C14H25NO3S/c16-14-6-3-4-12(14)13-5-1-2-8-15(13)11-7-9-19(17,18)10-11/h11-14,16H,1-10H2. The van der Waals surface area contributed by atoms with Crippen molar-refractivity contribution in [1.82, 2.24) is 4.90 Å². The molecule has 3 fully saturated rings. The second-order valence-corrected chi connectivity index (χ2v) is 8.75. The largest absolute Gasteiger partial charge is 0.393 e. The molecule has 0 bridgehead atoms. The van der Waals surface area contributed by atoms with E-state index in [-0.39, 0.29) is 12.1 Å². The first kappa shape index (κ1) is 13.8. The predicted octanol–water partition coefficient (Wildman–Crippen LogP) is 1.19. The van der Waals surface area contributed by atoms with Crippen molar-refractivity contribution in [2.45, 2.75) is 63.1 Å². The SMILES string of the molecule is O=S1(=O)CCC(N2CCCCC2C2CCCC2O)C1. The highest BCUT2D eigenvalue weighted by molar-refractivity contribution is 7.91. The number of sulfone groups is 1. The Hall–Kier alpha value is -0.130. The summed E-state index contributed by atoms with van der Waals surface area (Å²) >= 11 is 0. The van der Waals surface area contributed by atoms with Gasteiger partial charge in [0.25, 0.3) is 0 Å². The van der Waals surface area contributed by atoms with E-state index >= 15 is 0 Å². The van der Waals surface area contributed by atoms with Gasteiger partial charge in [-0.25, -0.2) is 8.42 Å². The Morgan fingerprint density at radius 3 is 2.47 bits per heavy atom. The average Bonchev–Trinajstić information content (AvgIpc) is 2.95. The second-order valence-electron chi connectivity index (χ2n) is 6.52. The monoisotopic (exact) mass is 287 g/mol. The summed E-state index contributed by atoms with van der Waals surface area (Å²) in [5.41, 5.74) is 0. The molecule has 0 amide bonds. The number of piperidine rings is 1. The molecule has 2 aliphatic heterocycles. The first-order valence-electron chi connectivity index (χ1n) is 7.71. The lowest BCUT2D eigenvalue weighted by molar-refractivity contribution is 0.0171. The lowest BCUT2D eigenvalue weighted by Gasteiger charge is -2.43. The highest BCUT2D eigenvalue weighted by Gasteiger charge is 2.42. The fraction of sp³-hybridized carbons (Fsp3) is 1.00. The zero-order valence-electron chi connectivity index (χ0n) is 11.5. The van der Waals surface area contributed by atoms with Crippen LogP contribution in [0.25, 0.3) is 0 Å². The van der Waals surface area contributed by atoms with Crippen molar-refractivity contribution in [3.05, 3.63) is 0 Å². The summed E-state index contributed by atoms with van der Waals surface area (Å²) in [5, 5.41) is 10.2. The number of hydrogen-bond acceptors (Lipinski definition) is 4. The Morgan fingerprint density at radius 1 is 1.00 bits per heavy atom. The highest BCUT2D eigenvalue weighted by atomic mass is 32.2. The van der Waals surface area contributed by atoms with Crippen LogP contribution in [-0.2, 0) is 9.84 Å². The molecule has 0 spiro atoms. The summed E-state index contributed by atoms with van der Waals surface area (Å²) in [6, 6.07) is 0.632. The lowest BCUT2D eigenvalue weighted by Crippen LogP contribution is -2.51. The van der Waals surface area contributed by atoms with Crippen LogP contribution in [-0.4, -0.2) is 54.7 Å². The molecule has 0 radical (unpaired) electrons. The van der Waals surface area contributed by atoms with Crippen LogP contribution in [0.1, 0.15) is 44.9 Å². The normalized spacial score (nSPS) is 43.6. The molecule has 3 rings (SSSR count). The molecular formula is C14H25NO3S. The van der Waals surface area contributed by atoms with Gasteiger partial charge in [-0.2, -0.15) is 0 Å². The van der Waals surface area contributed by atoms with Crippen molar-refractivity contribution >= 4 is 9.84 Å². The third-order valence-electron chi connectivity index (χ3n) is 5.30. The molecule has 19 heavy (non-hydrogen) atoms. The molecule has 0 aromatic carbocycles. The Labute approximate surface area is 116 Å². The van der Waals surface area contributed by atoms with Crippen LogP contribution < -0.4 is 0 Å². The van der Waals surface area contributed by atoms with Gasteiger partial charge in [0.15, 0.2) is 9.84 Å². The maximum atomic E-state index is 11.7. The van der Waals surface area contributed by atoms with Crippen LogP contribution >= 0.6 is 0 Å². The molecule has 4 nitrogen and oxygen atoms in total. The number of aliphatic hydroxyl groups is 1. The van der Waals surface area contributed by atoms with E-state index in [1.807, 2.05) is 0 Å². The molecular weight excluding hydrogens is 262 g/mol. The van der Waals surface area contributed by atoms with Crippen molar-refractivity contribution in [2.24, 2.45) is 5.92 Å². The summed E-state index contributed by atoms with van der Waals surface area (Å²) < 4.78 is 23.4.